The Labute approximate surface area is 119 Å². The smallest absolute Gasteiger partial charge is 0.243 e. The van der Waals surface area contributed by atoms with Gasteiger partial charge in [0.1, 0.15) is 0 Å². The van der Waals surface area contributed by atoms with Crippen LogP contribution in [0.3, 0.4) is 0 Å². The van der Waals surface area contributed by atoms with E-state index in [1.165, 1.54) is 4.31 Å². The maximum Gasteiger partial charge on any atom is 0.243 e. The highest BCUT2D eigenvalue weighted by atomic mass is 32.2. The van der Waals surface area contributed by atoms with Gasteiger partial charge in [0.05, 0.1) is 11.4 Å². The van der Waals surface area contributed by atoms with Crippen molar-refractivity contribution in [2.45, 2.75) is 31.1 Å². The van der Waals surface area contributed by atoms with Gasteiger partial charge in [-0.2, -0.15) is 4.31 Å². The molecule has 4 nitrogen and oxygen atoms in total. The third-order valence-electron chi connectivity index (χ3n) is 4.01. The molecule has 1 heterocycles. The van der Waals surface area contributed by atoms with Crippen LogP contribution in [0.1, 0.15) is 24.8 Å². The molecule has 3 rings (SSSR count). The van der Waals surface area contributed by atoms with E-state index in [4.69, 9.17) is 0 Å². The van der Waals surface area contributed by atoms with Crippen LogP contribution in [0.25, 0.3) is 0 Å². The Balaban J connectivity index is 1.93. The average molecular weight is 291 g/mol. The molecule has 5 heteroatoms. The van der Waals surface area contributed by atoms with Gasteiger partial charge in [-0.05, 0) is 49.5 Å². The molecule has 0 saturated heterocycles. The number of Topliss-reactive ketones (excluding diaryl/α,β-unsaturated/α-hetero) is 1. The number of rotatable bonds is 2. The molecule has 0 radical (unpaired) electrons. The minimum atomic E-state index is -3.57. The summed E-state index contributed by atoms with van der Waals surface area (Å²) in [5, 5.41) is 0. The SMILES string of the molecule is Cc1ccc(S(=O)(=O)N2CC(=O)C3=C(CCC3)C2)cc1. The molecule has 0 unspecified atom stereocenters. The van der Waals surface area contributed by atoms with Crippen LogP contribution in [-0.2, 0) is 14.8 Å². The maximum absolute atomic E-state index is 12.6. The summed E-state index contributed by atoms with van der Waals surface area (Å²) < 4.78 is 26.5. The summed E-state index contributed by atoms with van der Waals surface area (Å²) >= 11 is 0. The van der Waals surface area contributed by atoms with Crippen molar-refractivity contribution in [1.29, 1.82) is 0 Å². The highest BCUT2D eigenvalue weighted by Gasteiger charge is 2.35. The molecule has 0 fully saturated rings. The predicted molar refractivity (Wildman–Crippen MR) is 75.8 cm³/mol. The predicted octanol–water partition coefficient (Wildman–Crippen LogP) is 2.05. The number of nitrogens with zero attached hydrogens (tertiary/aromatic N) is 1. The van der Waals surface area contributed by atoms with Crippen molar-refractivity contribution in [2.75, 3.05) is 13.1 Å². The van der Waals surface area contributed by atoms with Gasteiger partial charge in [-0.25, -0.2) is 8.42 Å². The van der Waals surface area contributed by atoms with Gasteiger partial charge in [0.25, 0.3) is 0 Å². The Morgan fingerprint density at radius 1 is 1.05 bits per heavy atom. The molecule has 0 N–H and O–H groups in total. The first-order chi connectivity index (χ1) is 9.48. The first-order valence-corrected chi connectivity index (χ1v) is 8.23. The second-order valence-corrected chi connectivity index (χ2v) is 7.38. The molecule has 2 aliphatic rings. The summed E-state index contributed by atoms with van der Waals surface area (Å²) in [7, 11) is -3.57. The minimum absolute atomic E-state index is 0.0188. The fourth-order valence-corrected chi connectivity index (χ4v) is 4.26. The highest BCUT2D eigenvalue weighted by Crippen LogP contribution is 2.32. The van der Waals surface area contributed by atoms with E-state index in [-0.39, 0.29) is 17.2 Å². The lowest BCUT2D eigenvalue weighted by Gasteiger charge is -2.26. The zero-order valence-corrected chi connectivity index (χ0v) is 12.2. The normalized spacial score (nSPS) is 20.4. The van der Waals surface area contributed by atoms with E-state index in [0.717, 1.165) is 36.0 Å². The maximum atomic E-state index is 12.6. The van der Waals surface area contributed by atoms with E-state index in [2.05, 4.69) is 0 Å². The zero-order chi connectivity index (χ0) is 14.3. The average Bonchev–Trinajstić information content (AvgIpc) is 2.88. The van der Waals surface area contributed by atoms with Gasteiger partial charge in [0.15, 0.2) is 5.78 Å². The van der Waals surface area contributed by atoms with Gasteiger partial charge in [0.2, 0.25) is 10.0 Å². The van der Waals surface area contributed by atoms with Gasteiger partial charge in [-0.3, -0.25) is 4.79 Å². The Kier molecular flexibility index (Phi) is 3.26. The molecule has 1 aromatic carbocycles. The standard InChI is InChI=1S/C15H17NO3S/c1-11-5-7-13(8-6-11)20(18,19)16-9-12-3-2-4-14(12)15(17)10-16/h5-8H,2-4,9-10H2,1H3. The van der Waals surface area contributed by atoms with Crippen molar-refractivity contribution < 1.29 is 13.2 Å². The Morgan fingerprint density at radius 3 is 2.45 bits per heavy atom. The van der Waals surface area contributed by atoms with Gasteiger partial charge < -0.3 is 0 Å². The van der Waals surface area contributed by atoms with Crippen LogP contribution in [0.5, 0.6) is 0 Å². The summed E-state index contributed by atoms with van der Waals surface area (Å²) in [5.74, 6) is -0.0283. The molecule has 1 aromatic rings. The molecule has 20 heavy (non-hydrogen) atoms. The molecule has 0 spiro atoms. The van der Waals surface area contributed by atoms with E-state index in [9.17, 15) is 13.2 Å². The summed E-state index contributed by atoms with van der Waals surface area (Å²) in [6.07, 6.45) is 2.63. The summed E-state index contributed by atoms with van der Waals surface area (Å²) in [6, 6.07) is 6.76. The number of hydrogen-bond donors (Lipinski definition) is 0. The van der Waals surface area contributed by atoms with Gasteiger partial charge in [0, 0.05) is 6.54 Å². The van der Waals surface area contributed by atoms with Crippen molar-refractivity contribution in [3.8, 4) is 0 Å². The molecule has 1 aliphatic carbocycles. The van der Waals surface area contributed by atoms with Crippen LogP contribution in [0.15, 0.2) is 40.3 Å². The second kappa shape index (κ2) is 4.82. The molecule has 0 amide bonds. The third-order valence-corrected chi connectivity index (χ3v) is 5.82. The van der Waals surface area contributed by atoms with Gasteiger partial charge in [-0.15, -0.1) is 0 Å². The van der Waals surface area contributed by atoms with Crippen molar-refractivity contribution in [2.24, 2.45) is 0 Å². The number of hydrogen-bond acceptors (Lipinski definition) is 3. The lowest BCUT2D eigenvalue weighted by atomic mass is 10.0. The fraction of sp³-hybridized carbons (Fsp3) is 0.400. The lowest BCUT2D eigenvalue weighted by molar-refractivity contribution is -0.116. The summed E-state index contributed by atoms with van der Waals surface area (Å²) in [4.78, 5) is 12.3. The van der Waals surface area contributed by atoms with Crippen molar-refractivity contribution in [3.63, 3.8) is 0 Å². The van der Waals surface area contributed by atoms with E-state index >= 15 is 0 Å². The summed E-state index contributed by atoms with van der Waals surface area (Å²) in [6.45, 7) is 2.27. The second-order valence-electron chi connectivity index (χ2n) is 5.44. The summed E-state index contributed by atoms with van der Waals surface area (Å²) in [5.41, 5.74) is 2.90. The van der Waals surface area contributed by atoms with E-state index in [1.807, 2.05) is 6.92 Å². The van der Waals surface area contributed by atoms with Crippen LogP contribution < -0.4 is 0 Å². The Morgan fingerprint density at radius 2 is 1.75 bits per heavy atom. The van der Waals surface area contributed by atoms with Crippen molar-refractivity contribution in [3.05, 3.63) is 41.0 Å². The Bertz CT molecular complexity index is 686. The van der Waals surface area contributed by atoms with Crippen molar-refractivity contribution in [1.82, 2.24) is 4.31 Å². The highest BCUT2D eigenvalue weighted by molar-refractivity contribution is 7.89. The van der Waals surface area contributed by atoms with E-state index in [1.54, 1.807) is 24.3 Å². The van der Waals surface area contributed by atoms with Crippen LogP contribution in [-0.4, -0.2) is 31.6 Å². The minimum Gasteiger partial charge on any atom is -0.293 e. The number of carbonyl (C=O) groups excluding carboxylic acids is 1. The molecule has 0 saturated carbocycles. The van der Waals surface area contributed by atoms with E-state index in [0.29, 0.717) is 6.54 Å². The van der Waals surface area contributed by atoms with Crippen LogP contribution in [0, 0.1) is 6.92 Å². The number of sulfonamides is 1. The third kappa shape index (κ3) is 2.21. The van der Waals surface area contributed by atoms with Crippen LogP contribution in [0.4, 0.5) is 0 Å². The van der Waals surface area contributed by atoms with Gasteiger partial charge in [-0.1, -0.05) is 17.7 Å². The molecule has 0 bridgehead atoms. The number of carbonyl (C=O) groups is 1. The monoisotopic (exact) mass is 291 g/mol. The van der Waals surface area contributed by atoms with Crippen LogP contribution >= 0.6 is 0 Å². The van der Waals surface area contributed by atoms with Crippen LogP contribution in [0.2, 0.25) is 0 Å². The molecule has 0 atom stereocenters. The quantitative estimate of drug-likeness (QED) is 0.838. The lowest BCUT2D eigenvalue weighted by Crippen LogP contribution is -2.40. The molecule has 1 aliphatic heterocycles. The van der Waals surface area contributed by atoms with Gasteiger partial charge >= 0.3 is 0 Å². The first kappa shape index (κ1) is 13.5. The van der Waals surface area contributed by atoms with Crippen molar-refractivity contribution >= 4 is 15.8 Å². The topological polar surface area (TPSA) is 54.5 Å². The number of ketones is 1. The number of aryl methyl sites for hydroxylation is 1. The fourth-order valence-electron chi connectivity index (χ4n) is 2.87. The van der Waals surface area contributed by atoms with E-state index < -0.39 is 10.0 Å². The molecular weight excluding hydrogens is 274 g/mol. The molecular formula is C15H17NO3S. The molecule has 106 valence electrons. The Hall–Kier alpha value is -1.46. The number of benzene rings is 1. The first-order valence-electron chi connectivity index (χ1n) is 6.79. The largest absolute Gasteiger partial charge is 0.293 e. The molecule has 0 aromatic heterocycles. The zero-order valence-electron chi connectivity index (χ0n) is 11.4.